The number of benzene rings is 2. The molecule has 3 aromatic heterocycles. The summed E-state index contributed by atoms with van der Waals surface area (Å²) in [6.07, 6.45) is 7.18. The van der Waals surface area contributed by atoms with Crippen LogP contribution in [0.2, 0.25) is 5.02 Å². The van der Waals surface area contributed by atoms with Crippen LogP contribution in [0, 0.1) is 6.92 Å². The molecule has 0 aliphatic carbocycles. The zero-order valence-corrected chi connectivity index (χ0v) is 27.4. The molecular weight excluding hydrogens is 596 g/mol. The van der Waals surface area contributed by atoms with Gasteiger partial charge in [-0.15, -0.1) is 0 Å². The highest BCUT2D eigenvalue weighted by Gasteiger charge is 2.25. The number of halogens is 1. The minimum absolute atomic E-state index is 0.222. The summed E-state index contributed by atoms with van der Waals surface area (Å²) < 4.78 is 1.94. The smallest absolute Gasteiger partial charge is 0.291 e. The van der Waals surface area contributed by atoms with Crippen LogP contribution < -0.4 is 10.6 Å². The molecule has 5 aromatic rings. The van der Waals surface area contributed by atoms with Gasteiger partial charge in [-0.3, -0.25) is 19.6 Å². The topological polar surface area (TPSA) is 91.2 Å². The summed E-state index contributed by atoms with van der Waals surface area (Å²) in [5.74, 6) is 0.859. The summed E-state index contributed by atoms with van der Waals surface area (Å²) in [5, 5.41) is 8.16. The maximum atomic E-state index is 13.5. The number of aromatic nitrogens is 4. The van der Waals surface area contributed by atoms with Gasteiger partial charge in [-0.1, -0.05) is 42.8 Å². The van der Waals surface area contributed by atoms with Crippen LogP contribution in [0.1, 0.15) is 52.9 Å². The molecule has 0 bridgehead atoms. The third-order valence-electron chi connectivity index (χ3n) is 9.37. The third-order valence-corrected chi connectivity index (χ3v) is 9.78. The Morgan fingerprint density at radius 1 is 0.978 bits per heavy atom. The Morgan fingerprint density at radius 3 is 2.57 bits per heavy atom. The van der Waals surface area contributed by atoms with Crippen LogP contribution in [0.15, 0.2) is 60.9 Å². The van der Waals surface area contributed by atoms with Crippen molar-refractivity contribution in [1.82, 2.24) is 29.3 Å². The van der Waals surface area contributed by atoms with Crippen molar-refractivity contribution in [1.29, 1.82) is 0 Å². The quantitative estimate of drug-likeness (QED) is 0.191. The number of pyridine rings is 2. The molecule has 7 rings (SSSR count). The molecule has 236 valence electrons. The first kappa shape index (κ1) is 30.3. The van der Waals surface area contributed by atoms with Gasteiger partial charge in [0, 0.05) is 67.8 Å². The van der Waals surface area contributed by atoms with E-state index in [1.165, 1.54) is 18.4 Å². The Bertz CT molecular complexity index is 1930. The minimum atomic E-state index is -0.222. The van der Waals surface area contributed by atoms with Gasteiger partial charge in [-0.2, -0.15) is 0 Å². The SMILES string of the molecule is CCN1CCc2c(nc(C(=O)Nc3cccc(-c4cccc(Nc5nccc6cc(CN7CCCC7)cnc56)c4Cl)c3C)n2C)C1. The number of likely N-dealkylation sites (tertiary alicyclic amines) is 1. The zero-order valence-electron chi connectivity index (χ0n) is 26.6. The number of nitrogens with one attached hydrogen (secondary N) is 2. The molecule has 0 unspecified atom stereocenters. The number of imidazole rings is 1. The van der Waals surface area contributed by atoms with Crippen molar-refractivity contribution >= 4 is 45.6 Å². The first-order chi connectivity index (χ1) is 22.4. The van der Waals surface area contributed by atoms with Crippen LogP contribution in [0.5, 0.6) is 0 Å². The number of fused-ring (bicyclic) bond motifs is 2. The molecule has 0 atom stereocenters. The van der Waals surface area contributed by atoms with Gasteiger partial charge in [0.1, 0.15) is 5.52 Å². The predicted octanol–water partition coefficient (Wildman–Crippen LogP) is 6.96. The molecule has 2 aromatic carbocycles. The second-order valence-electron chi connectivity index (χ2n) is 12.3. The molecule has 1 saturated heterocycles. The number of likely N-dealkylation sites (N-methyl/N-ethyl adjacent to an activating group) is 1. The fourth-order valence-electron chi connectivity index (χ4n) is 6.74. The van der Waals surface area contributed by atoms with E-state index in [2.05, 4.69) is 38.4 Å². The Morgan fingerprint density at radius 2 is 1.76 bits per heavy atom. The van der Waals surface area contributed by atoms with Crippen molar-refractivity contribution in [2.24, 2.45) is 7.05 Å². The summed E-state index contributed by atoms with van der Waals surface area (Å²) in [4.78, 5) is 32.4. The number of hydrogen-bond donors (Lipinski definition) is 2. The summed E-state index contributed by atoms with van der Waals surface area (Å²) in [6, 6.07) is 16.0. The standard InChI is InChI=1S/C36H39ClN8O/c1-4-44-18-14-31-30(22-44)41-35(43(31)3)36(46)42-28-11-7-9-26(23(28)2)27-10-8-12-29(32(27)37)40-34-33-25(13-15-38-34)19-24(20-39-33)21-45-16-5-6-17-45/h7-13,15,19-20H,4-6,14,16-18,21-22H2,1-3H3,(H,38,40)(H,42,46). The van der Waals surface area contributed by atoms with E-state index >= 15 is 0 Å². The Hall–Kier alpha value is -4.31. The van der Waals surface area contributed by atoms with Gasteiger partial charge in [0.05, 0.1) is 16.4 Å². The minimum Gasteiger partial charge on any atom is -0.337 e. The van der Waals surface area contributed by atoms with E-state index in [4.69, 9.17) is 21.6 Å². The molecule has 1 fully saturated rings. The molecule has 2 aliphatic heterocycles. The Labute approximate surface area is 274 Å². The molecule has 0 saturated carbocycles. The second-order valence-corrected chi connectivity index (χ2v) is 12.7. The highest BCUT2D eigenvalue weighted by atomic mass is 35.5. The maximum Gasteiger partial charge on any atom is 0.291 e. The van der Waals surface area contributed by atoms with Crippen LogP contribution in [-0.4, -0.2) is 61.4 Å². The third kappa shape index (κ3) is 5.86. The number of amides is 1. The van der Waals surface area contributed by atoms with Gasteiger partial charge in [-0.25, -0.2) is 9.97 Å². The molecular formula is C36H39ClN8O. The summed E-state index contributed by atoms with van der Waals surface area (Å²) in [5.41, 5.74) is 8.28. The molecule has 2 N–H and O–H groups in total. The highest BCUT2D eigenvalue weighted by Crippen LogP contribution is 2.39. The molecule has 5 heterocycles. The summed E-state index contributed by atoms with van der Waals surface area (Å²) in [6.45, 7) is 10.1. The normalized spacial score (nSPS) is 15.3. The zero-order chi connectivity index (χ0) is 31.8. The maximum absolute atomic E-state index is 13.5. The molecule has 1 amide bonds. The number of carbonyl (C=O) groups is 1. The first-order valence-corrected chi connectivity index (χ1v) is 16.5. The molecule has 0 radical (unpaired) electrons. The average molecular weight is 635 g/mol. The lowest BCUT2D eigenvalue weighted by Crippen LogP contribution is -2.30. The van der Waals surface area contributed by atoms with Gasteiger partial charge in [0.25, 0.3) is 5.91 Å². The van der Waals surface area contributed by atoms with Crippen LogP contribution in [0.4, 0.5) is 17.2 Å². The van der Waals surface area contributed by atoms with Gasteiger partial charge in [0.15, 0.2) is 11.6 Å². The largest absolute Gasteiger partial charge is 0.337 e. The van der Waals surface area contributed by atoms with Crippen LogP contribution >= 0.6 is 11.6 Å². The number of hydrogen-bond acceptors (Lipinski definition) is 7. The van der Waals surface area contributed by atoms with E-state index in [0.717, 1.165) is 96.0 Å². The molecule has 46 heavy (non-hydrogen) atoms. The average Bonchev–Trinajstić information content (AvgIpc) is 3.70. The van der Waals surface area contributed by atoms with Gasteiger partial charge in [-0.05, 0) is 80.4 Å². The lowest BCUT2D eigenvalue weighted by Gasteiger charge is -2.24. The van der Waals surface area contributed by atoms with Crippen LogP contribution in [0.25, 0.3) is 22.0 Å². The van der Waals surface area contributed by atoms with Crippen molar-refractivity contribution in [3.8, 4) is 11.1 Å². The van der Waals surface area contributed by atoms with Crippen LogP contribution in [0.3, 0.4) is 0 Å². The van der Waals surface area contributed by atoms with Crippen LogP contribution in [-0.2, 0) is 26.6 Å². The van der Waals surface area contributed by atoms with E-state index in [9.17, 15) is 4.79 Å². The van der Waals surface area contributed by atoms with Gasteiger partial charge >= 0.3 is 0 Å². The second kappa shape index (κ2) is 12.8. The van der Waals surface area contributed by atoms with E-state index in [1.54, 1.807) is 6.20 Å². The molecule has 10 heteroatoms. The van der Waals surface area contributed by atoms with E-state index in [-0.39, 0.29) is 5.91 Å². The Kier molecular flexibility index (Phi) is 8.46. The molecule has 2 aliphatic rings. The van der Waals surface area contributed by atoms with Crippen molar-refractivity contribution < 1.29 is 4.79 Å². The number of anilines is 3. The monoisotopic (exact) mass is 634 g/mol. The fraction of sp³-hybridized carbons (Fsp3) is 0.333. The number of rotatable bonds is 8. The predicted molar refractivity (Wildman–Crippen MR) is 185 cm³/mol. The highest BCUT2D eigenvalue weighted by molar-refractivity contribution is 6.36. The van der Waals surface area contributed by atoms with Gasteiger partial charge < -0.3 is 15.2 Å². The number of carbonyl (C=O) groups excluding carboxylic acids is 1. The summed E-state index contributed by atoms with van der Waals surface area (Å²) in [7, 11) is 1.93. The fourth-order valence-corrected chi connectivity index (χ4v) is 7.02. The van der Waals surface area contributed by atoms with Crippen molar-refractivity contribution in [3.63, 3.8) is 0 Å². The molecule has 9 nitrogen and oxygen atoms in total. The van der Waals surface area contributed by atoms with E-state index in [0.29, 0.717) is 16.7 Å². The van der Waals surface area contributed by atoms with Crippen molar-refractivity contribution in [3.05, 3.63) is 94.3 Å². The lowest BCUT2D eigenvalue weighted by molar-refractivity contribution is 0.101. The number of nitrogens with zero attached hydrogens (tertiary/aromatic N) is 6. The Balaban J connectivity index is 1.13. The van der Waals surface area contributed by atoms with E-state index in [1.807, 2.05) is 67.2 Å². The van der Waals surface area contributed by atoms with Crippen molar-refractivity contribution in [2.45, 2.75) is 46.2 Å². The molecule has 0 spiro atoms. The van der Waals surface area contributed by atoms with Gasteiger partial charge in [0.2, 0.25) is 0 Å². The lowest BCUT2D eigenvalue weighted by atomic mass is 9.98. The first-order valence-electron chi connectivity index (χ1n) is 16.1. The summed E-state index contributed by atoms with van der Waals surface area (Å²) >= 11 is 7.07. The van der Waals surface area contributed by atoms with Crippen molar-refractivity contribution in [2.75, 3.05) is 36.8 Å². The van der Waals surface area contributed by atoms with E-state index < -0.39 is 0 Å².